The van der Waals surface area contributed by atoms with Crippen LogP contribution in [0.3, 0.4) is 0 Å². The number of nitrogens with one attached hydrogen (secondary N) is 1. The van der Waals surface area contributed by atoms with Gasteiger partial charge in [-0.15, -0.1) is 0 Å². The smallest absolute Gasteiger partial charge is 0.328 e. The Hall–Kier alpha value is -3.68. The van der Waals surface area contributed by atoms with Gasteiger partial charge in [-0.2, -0.15) is 5.10 Å². The fraction of sp³-hybridized carbons (Fsp3) is 0.304. The second-order valence-corrected chi connectivity index (χ2v) is 7.47. The van der Waals surface area contributed by atoms with Crippen molar-refractivity contribution in [2.45, 2.75) is 32.0 Å². The Morgan fingerprint density at radius 3 is 2.65 bits per heavy atom. The number of rotatable bonds is 5. The number of hydrogen-bond donors (Lipinski definition) is 1. The van der Waals surface area contributed by atoms with Gasteiger partial charge in [-0.05, 0) is 30.2 Å². The fourth-order valence-corrected chi connectivity index (χ4v) is 3.73. The zero-order valence-electron chi connectivity index (χ0n) is 17.4. The summed E-state index contributed by atoms with van der Waals surface area (Å²) in [6.07, 6.45) is 4.62. The average Bonchev–Trinajstić information content (AvgIpc) is 3.10. The highest BCUT2D eigenvalue weighted by Crippen LogP contribution is 2.21. The van der Waals surface area contributed by atoms with Gasteiger partial charge in [0.1, 0.15) is 6.04 Å². The summed E-state index contributed by atoms with van der Waals surface area (Å²) in [5.74, 6) is -0.461. The van der Waals surface area contributed by atoms with Crippen LogP contribution in [0.15, 0.2) is 60.9 Å². The second kappa shape index (κ2) is 9.42. The summed E-state index contributed by atoms with van der Waals surface area (Å²) in [5.41, 5.74) is 3.75. The lowest BCUT2D eigenvalue weighted by molar-refractivity contribution is -0.142. The Bertz CT molecular complexity index is 1040. The Morgan fingerprint density at radius 1 is 1.13 bits per heavy atom. The van der Waals surface area contributed by atoms with E-state index in [9.17, 15) is 9.59 Å². The minimum absolute atomic E-state index is 0.286. The van der Waals surface area contributed by atoms with Gasteiger partial charge in [-0.3, -0.25) is 9.67 Å². The SMILES string of the molecule is COC(=O)C(Cc1ccccc1)NC(=O)N1CCCn2nc(-c3ccncc3)cc2C1. The number of carbonyl (C=O) groups excluding carboxylic acids is 2. The van der Waals surface area contributed by atoms with Crippen molar-refractivity contribution in [1.82, 2.24) is 25.0 Å². The van der Waals surface area contributed by atoms with E-state index in [1.807, 2.05) is 53.2 Å². The summed E-state index contributed by atoms with van der Waals surface area (Å²) in [6.45, 7) is 1.73. The third-order valence-electron chi connectivity index (χ3n) is 5.34. The number of aromatic nitrogens is 3. The summed E-state index contributed by atoms with van der Waals surface area (Å²) in [5, 5.41) is 7.55. The van der Waals surface area contributed by atoms with Crippen molar-refractivity contribution in [1.29, 1.82) is 0 Å². The number of carbonyl (C=O) groups is 2. The highest BCUT2D eigenvalue weighted by molar-refractivity contribution is 5.83. The molecule has 0 radical (unpaired) electrons. The predicted molar refractivity (Wildman–Crippen MR) is 115 cm³/mol. The van der Waals surface area contributed by atoms with Gasteiger partial charge in [0.05, 0.1) is 25.0 Å². The highest BCUT2D eigenvalue weighted by Gasteiger charge is 2.26. The number of methoxy groups -OCH3 is 1. The molecule has 1 N–H and O–H groups in total. The molecule has 0 saturated heterocycles. The van der Waals surface area contributed by atoms with Crippen LogP contribution >= 0.6 is 0 Å². The van der Waals surface area contributed by atoms with Gasteiger partial charge in [0.2, 0.25) is 0 Å². The van der Waals surface area contributed by atoms with Gasteiger partial charge in [-0.1, -0.05) is 30.3 Å². The number of nitrogens with zero attached hydrogens (tertiary/aromatic N) is 4. The number of fused-ring (bicyclic) bond motifs is 1. The maximum Gasteiger partial charge on any atom is 0.328 e. The quantitative estimate of drug-likeness (QED) is 0.642. The standard InChI is InChI=1S/C23H25N5O3/c1-31-22(29)21(14-17-6-3-2-4-7-17)25-23(30)27-12-5-13-28-19(16-27)15-20(26-28)18-8-10-24-11-9-18/h2-4,6-11,15,21H,5,12-14,16H2,1H3,(H,25,30). The Balaban J connectivity index is 1.48. The molecule has 0 fully saturated rings. The number of aryl methyl sites for hydroxylation is 1. The molecule has 160 valence electrons. The Morgan fingerprint density at radius 2 is 1.90 bits per heavy atom. The van der Waals surface area contributed by atoms with Crippen LogP contribution < -0.4 is 5.32 Å². The molecule has 0 saturated carbocycles. The zero-order chi connectivity index (χ0) is 21.6. The van der Waals surface area contributed by atoms with Gasteiger partial charge in [0.15, 0.2) is 0 Å². The van der Waals surface area contributed by atoms with Crippen molar-refractivity contribution in [3.05, 3.63) is 72.2 Å². The topological polar surface area (TPSA) is 89.4 Å². The molecule has 1 aromatic carbocycles. The first kappa shape index (κ1) is 20.6. The van der Waals surface area contributed by atoms with E-state index < -0.39 is 12.0 Å². The normalized spacial score (nSPS) is 14.3. The molecule has 1 unspecified atom stereocenters. The van der Waals surface area contributed by atoms with Crippen LogP contribution in [-0.2, 0) is 29.0 Å². The van der Waals surface area contributed by atoms with Crippen molar-refractivity contribution < 1.29 is 14.3 Å². The first-order chi connectivity index (χ1) is 15.1. The average molecular weight is 419 g/mol. The van der Waals surface area contributed by atoms with Crippen molar-refractivity contribution in [2.75, 3.05) is 13.7 Å². The molecule has 8 heteroatoms. The number of hydrogen-bond acceptors (Lipinski definition) is 5. The third-order valence-corrected chi connectivity index (χ3v) is 5.34. The van der Waals surface area contributed by atoms with Crippen molar-refractivity contribution in [3.63, 3.8) is 0 Å². The molecule has 2 aromatic heterocycles. The van der Waals surface area contributed by atoms with Crippen LogP contribution in [0.4, 0.5) is 4.79 Å². The van der Waals surface area contributed by atoms with E-state index in [0.717, 1.165) is 35.5 Å². The van der Waals surface area contributed by atoms with E-state index >= 15 is 0 Å². The van der Waals surface area contributed by atoms with E-state index in [1.165, 1.54) is 7.11 Å². The molecule has 31 heavy (non-hydrogen) atoms. The minimum atomic E-state index is -0.750. The Labute approximate surface area is 180 Å². The largest absolute Gasteiger partial charge is 0.467 e. The van der Waals surface area contributed by atoms with Gasteiger partial charge in [-0.25, -0.2) is 9.59 Å². The lowest BCUT2D eigenvalue weighted by atomic mass is 10.1. The van der Waals surface area contributed by atoms with Gasteiger partial charge in [0.25, 0.3) is 0 Å². The number of amides is 2. The van der Waals surface area contributed by atoms with Crippen LogP contribution in [0.5, 0.6) is 0 Å². The second-order valence-electron chi connectivity index (χ2n) is 7.47. The monoisotopic (exact) mass is 419 g/mol. The van der Waals surface area contributed by atoms with E-state index in [0.29, 0.717) is 19.5 Å². The summed E-state index contributed by atoms with van der Waals surface area (Å²) in [7, 11) is 1.33. The molecule has 0 bridgehead atoms. The highest BCUT2D eigenvalue weighted by atomic mass is 16.5. The molecule has 1 aliphatic heterocycles. The molecule has 3 aromatic rings. The summed E-state index contributed by atoms with van der Waals surface area (Å²) < 4.78 is 6.86. The number of pyridine rings is 1. The van der Waals surface area contributed by atoms with E-state index in [4.69, 9.17) is 4.74 Å². The number of esters is 1. The predicted octanol–water partition coefficient (Wildman–Crippen LogP) is 2.64. The molecule has 1 atom stereocenters. The third kappa shape index (κ3) is 4.91. The number of urea groups is 1. The number of ether oxygens (including phenoxy) is 1. The lowest BCUT2D eigenvalue weighted by Crippen LogP contribution is -2.49. The molecular formula is C23H25N5O3. The maximum absolute atomic E-state index is 13.0. The molecule has 0 spiro atoms. The van der Waals surface area contributed by atoms with Crippen LogP contribution in [0.25, 0.3) is 11.3 Å². The number of benzene rings is 1. The molecule has 1 aliphatic rings. The molecular weight excluding hydrogens is 394 g/mol. The van der Waals surface area contributed by atoms with Crippen LogP contribution in [0.2, 0.25) is 0 Å². The minimum Gasteiger partial charge on any atom is -0.467 e. The van der Waals surface area contributed by atoms with Gasteiger partial charge < -0.3 is 15.0 Å². The van der Waals surface area contributed by atoms with Crippen molar-refractivity contribution in [3.8, 4) is 11.3 Å². The lowest BCUT2D eigenvalue weighted by Gasteiger charge is -2.24. The molecule has 3 heterocycles. The summed E-state index contributed by atoms with van der Waals surface area (Å²) in [4.78, 5) is 31.1. The first-order valence-electron chi connectivity index (χ1n) is 10.3. The molecule has 8 nitrogen and oxygen atoms in total. The van der Waals surface area contributed by atoms with Crippen LogP contribution in [-0.4, -0.2) is 51.4 Å². The van der Waals surface area contributed by atoms with Gasteiger partial charge in [0, 0.05) is 37.5 Å². The molecule has 0 aliphatic carbocycles. The van der Waals surface area contributed by atoms with Crippen molar-refractivity contribution in [2.24, 2.45) is 0 Å². The van der Waals surface area contributed by atoms with Gasteiger partial charge >= 0.3 is 12.0 Å². The summed E-state index contributed by atoms with van der Waals surface area (Å²) >= 11 is 0. The van der Waals surface area contributed by atoms with E-state index in [1.54, 1.807) is 17.3 Å². The fourth-order valence-electron chi connectivity index (χ4n) is 3.73. The first-order valence-corrected chi connectivity index (χ1v) is 10.3. The zero-order valence-corrected chi connectivity index (χ0v) is 17.4. The maximum atomic E-state index is 13.0. The van der Waals surface area contributed by atoms with E-state index in [-0.39, 0.29) is 6.03 Å². The van der Waals surface area contributed by atoms with Crippen LogP contribution in [0.1, 0.15) is 17.7 Å². The van der Waals surface area contributed by atoms with Crippen LogP contribution in [0, 0.1) is 0 Å². The molecule has 4 rings (SSSR count). The Kier molecular flexibility index (Phi) is 6.26. The van der Waals surface area contributed by atoms with E-state index in [2.05, 4.69) is 15.4 Å². The van der Waals surface area contributed by atoms with Crippen molar-refractivity contribution >= 4 is 12.0 Å². The summed E-state index contributed by atoms with van der Waals surface area (Å²) in [6, 6.07) is 14.4. The molecule has 2 amide bonds.